The number of fused-ring (bicyclic) bond motifs is 2. The summed E-state index contributed by atoms with van der Waals surface area (Å²) in [5.74, 6) is -1.18. The fourth-order valence-electron chi connectivity index (χ4n) is 9.24. The molecule has 3 aliphatic rings. The van der Waals surface area contributed by atoms with E-state index in [1.807, 2.05) is 0 Å². The molecule has 0 bridgehead atoms. The molecule has 40 heteroatoms. The monoisotopic (exact) mass is 1200 g/mol. The van der Waals surface area contributed by atoms with Gasteiger partial charge in [-0.1, -0.05) is 23.2 Å². The average Bonchev–Trinajstić information content (AvgIpc) is 4.35. The second-order valence-corrected chi connectivity index (χ2v) is 24.4. The molecular formula is C39H51N12O24P4+. The van der Waals surface area contributed by atoms with Crippen molar-refractivity contribution in [2.75, 3.05) is 52.1 Å². The Morgan fingerprint density at radius 3 is 2.09 bits per heavy atom. The van der Waals surface area contributed by atoms with Crippen LogP contribution in [0.5, 0.6) is 5.75 Å². The fraction of sp³-hybridized carbons (Fsp3) is 0.487. The second kappa shape index (κ2) is 22.8. The molecule has 9 rings (SSSR count). The molecule has 3 fully saturated rings. The van der Waals surface area contributed by atoms with Crippen molar-refractivity contribution in [1.82, 2.24) is 43.6 Å². The van der Waals surface area contributed by atoms with Crippen LogP contribution in [0.25, 0.3) is 22.3 Å². The molecule has 0 spiro atoms. The van der Waals surface area contributed by atoms with Crippen LogP contribution < -0.4 is 37.6 Å². The smallest absolute Gasteiger partial charge is 0.483 e. The number of phosphoric ester groups is 2. The largest absolute Gasteiger partial charge is 0.490 e. The lowest BCUT2D eigenvalue weighted by Crippen LogP contribution is -2.45. The maximum atomic E-state index is 14.6. The summed E-state index contributed by atoms with van der Waals surface area (Å²) in [5, 5.41) is 22.8. The predicted molar refractivity (Wildman–Crippen MR) is 261 cm³/mol. The normalized spacial score (nSPS) is 29.3. The van der Waals surface area contributed by atoms with Crippen LogP contribution in [-0.2, 0) is 71.2 Å². The van der Waals surface area contributed by atoms with E-state index >= 15 is 0 Å². The van der Waals surface area contributed by atoms with Crippen LogP contribution in [0.4, 0.5) is 11.8 Å². The number of hydrogen-bond acceptors (Lipinski definition) is 26. The minimum atomic E-state index is -6.20. The second-order valence-electron chi connectivity index (χ2n) is 17.8. The van der Waals surface area contributed by atoms with Gasteiger partial charge in [0.25, 0.3) is 17.1 Å². The number of aliphatic hydroxyl groups excluding tert-OH is 2. The number of aliphatic hydroxyl groups is 2. The summed E-state index contributed by atoms with van der Waals surface area (Å²) in [6.07, 6.45) is -10.7. The van der Waals surface area contributed by atoms with Crippen molar-refractivity contribution in [3.8, 4) is 5.75 Å². The number of nitrogens with zero attached hydrogens (tertiary/aromatic N) is 8. The zero-order chi connectivity index (χ0) is 56.9. The number of phosphoric acid groups is 3. The van der Waals surface area contributed by atoms with Crippen LogP contribution in [0, 0.1) is 5.92 Å². The Morgan fingerprint density at radius 2 is 1.42 bits per heavy atom. The third kappa shape index (κ3) is 12.2. The molecule has 79 heavy (non-hydrogen) atoms. The minimum absolute atomic E-state index is 0.00309. The highest BCUT2D eigenvalue weighted by Crippen LogP contribution is 2.68. The zero-order valence-corrected chi connectivity index (χ0v) is 44.7. The van der Waals surface area contributed by atoms with Crippen LogP contribution in [0.15, 0.2) is 76.0 Å². The molecule has 8 heterocycles. The highest BCUT2D eigenvalue weighted by atomic mass is 31.3. The quantitative estimate of drug-likeness (QED) is 0.0264. The first-order valence-corrected chi connectivity index (χ1v) is 29.2. The van der Waals surface area contributed by atoms with Crippen LogP contribution in [-0.4, -0.2) is 162 Å². The molecule has 0 amide bonds. The number of nitrogen functional groups attached to an aromatic ring is 2. The van der Waals surface area contributed by atoms with Gasteiger partial charge < -0.3 is 74.2 Å². The predicted octanol–water partition coefficient (Wildman–Crippen LogP) is -1.82. The van der Waals surface area contributed by atoms with Gasteiger partial charge in [-0.15, -0.1) is 0 Å². The lowest BCUT2D eigenvalue weighted by Gasteiger charge is -2.28. The summed E-state index contributed by atoms with van der Waals surface area (Å²) >= 11 is 0. The molecule has 36 nitrogen and oxygen atoms in total. The Balaban J connectivity index is 0.902. The molecule has 6 aromatic rings. The summed E-state index contributed by atoms with van der Waals surface area (Å²) < 4.78 is 118. The number of benzene rings is 1. The van der Waals surface area contributed by atoms with E-state index in [4.69, 9.17) is 53.5 Å². The van der Waals surface area contributed by atoms with E-state index in [-0.39, 0.29) is 46.5 Å². The Bertz CT molecular complexity index is 3590. The summed E-state index contributed by atoms with van der Waals surface area (Å²) in [4.78, 5) is 102. The number of H-pyrrole nitrogens is 2. The van der Waals surface area contributed by atoms with Crippen molar-refractivity contribution in [2.24, 2.45) is 13.0 Å². The number of nitrogens with two attached hydrogens (primary N) is 2. The molecule has 0 saturated carbocycles. The molecule has 430 valence electrons. The number of aromatic amines is 2. The van der Waals surface area contributed by atoms with Crippen molar-refractivity contribution in [3.63, 3.8) is 0 Å². The Hall–Kier alpha value is -5.52. The van der Waals surface area contributed by atoms with Crippen molar-refractivity contribution in [1.29, 1.82) is 0 Å². The van der Waals surface area contributed by atoms with E-state index in [1.165, 1.54) is 46.3 Å². The van der Waals surface area contributed by atoms with E-state index in [0.29, 0.717) is 0 Å². The number of aromatic nitrogens is 10. The standard InChI is InChI=1S/C39H50N12O24P4/c1-48-17-51(33-25(48)34(55)47-38(41)46-33)35-26(53)19(11-65-2)20(71-35)12-68-77(59,60)74-79(63,64)75-78(61,62)69-14-22-30(29(66-3)37(73-22)50-16-44-24-31(40)42-15-43-32(24)50)76(57,58)67-13-21-27(54)28(70-18-7-5-4-6-8-18)36(72-21)49-10-9-23(52)45-39(49)56/h4-10,15-17,19-22,26-30,35-37,53-54H,11-14H2,1-3H3,(H9-,40,41,42,43,45,46,47,52,55,56,57,58,59,60,61,62,63,64)/p+1/t19-,20-,21-,22?,26-,27-,28-,29-,30-,35-,36-,37-/m1/s1. The van der Waals surface area contributed by atoms with Crippen LogP contribution in [0.2, 0.25) is 0 Å². The number of hydrogen-bond donors (Lipinski definition) is 10. The molecule has 3 saturated heterocycles. The Labute approximate surface area is 441 Å². The number of rotatable bonds is 22. The summed E-state index contributed by atoms with van der Waals surface area (Å²) in [6.45, 7) is -3.44. The van der Waals surface area contributed by atoms with Gasteiger partial charge in [-0.3, -0.25) is 46.9 Å². The van der Waals surface area contributed by atoms with Gasteiger partial charge in [-0.05, 0) is 12.1 Å². The van der Waals surface area contributed by atoms with Crippen molar-refractivity contribution in [2.45, 2.75) is 67.1 Å². The highest BCUT2D eigenvalue weighted by molar-refractivity contribution is 7.66. The first kappa shape index (κ1) is 58.1. The molecular weight excluding hydrogens is 1140 g/mol. The van der Waals surface area contributed by atoms with Crippen molar-refractivity contribution < 1.29 is 103 Å². The first-order chi connectivity index (χ1) is 37.3. The summed E-state index contributed by atoms with van der Waals surface area (Å²) in [7, 11) is -19.5. The van der Waals surface area contributed by atoms with Gasteiger partial charge in [0.15, 0.2) is 36.4 Å². The Morgan fingerprint density at radius 1 is 0.759 bits per heavy atom. The third-order valence-corrected chi connectivity index (χ3v) is 18.8. The highest BCUT2D eigenvalue weighted by Gasteiger charge is 2.58. The number of anilines is 2. The van der Waals surface area contributed by atoms with Gasteiger partial charge in [0, 0.05) is 32.4 Å². The lowest BCUT2D eigenvalue weighted by atomic mass is 9.99. The van der Waals surface area contributed by atoms with Gasteiger partial charge in [-0.2, -0.15) is 8.62 Å². The molecule has 1 aromatic carbocycles. The molecule has 16 atom stereocenters. The first-order valence-electron chi connectivity index (χ1n) is 23.0. The SMILES string of the molecule is COC[C@H]1[C@@H](O)[C@H]([n+]2cn(C)c3c(=O)[nH]c(N)nc32)O[C@@H]1COP(=O)(O)OP(=O)(O)OP(=O)(O)OCC1O[C@@H](n2cnc3c(N)ncnc32)[C@H](OC)[C@@H]1P(=O)(O)OC[C@H]1O[C@@H](n2ccc(=O)[nH]c2=O)[C@H](Oc2ccccc2)[C@@H]1O. The third-order valence-electron chi connectivity index (χ3n) is 12.7. The molecule has 0 aliphatic carbocycles. The number of imidazole rings is 2. The molecule has 5 unspecified atom stereocenters. The molecule has 0 radical (unpaired) electrons. The van der Waals surface area contributed by atoms with Gasteiger partial charge >= 0.3 is 42.4 Å². The van der Waals surface area contributed by atoms with Gasteiger partial charge in [0.05, 0.1) is 45.9 Å². The van der Waals surface area contributed by atoms with Crippen LogP contribution >= 0.6 is 31.1 Å². The molecule has 3 aliphatic heterocycles. The summed E-state index contributed by atoms with van der Waals surface area (Å²) in [6, 6.07) is 8.99. The van der Waals surface area contributed by atoms with Crippen molar-refractivity contribution in [3.05, 3.63) is 92.8 Å². The maximum Gasteiger partial charge on any atom is 0.490 e. The van der Waals surface area contributed by atoms with Crippen molar-refractivity contribution >= 4 is 65.2 Å². The van der Waals surface area contributed by atoms with Crippen LogP contribution in [0.1, 0.15) is 18.7 Å². The summed E-state index contributed by atoms with van der Waals surface area (Å²) in [5.41, 5.74) is 7.49. The van der Waals surface area contributed by atoms with E-state index in [1.54, 1.807) is 18.2 Å². The number of ether oxygens (including phenoxy) is 6. The number of aryl methyl sites for hydroxylation is 1. The minimum Gasteiger partial charge on any atom is -0.483 e. The average molecular weight is 1200 g/mol. The van der Waals surface area contributed by atoms with E-state index in [0.717, 1.165) is 36.6 Å². The fourth-order valence-corrected chi connectivity index (χ4v) is 14.5. The van der Waals surface area contributed by atoms with Gasteiger partial charge in [0.1, 0.15) is 53.8 Å². The van der Waals surface area contributed by atoms with E-state index in [9.17, 15) is 62.4 Å². The number of nitrogens with one attached hydrogen (secondary N) is 2. The topological polar surface area (TPSA) is 496 Å². The maximum absolute atomic E-state index is 14.6. The lowest BCUT2D eigenvalue weighted by molar-refractivity contribution is -0.745. The van der Waals surface area contributed by atoms with Crippen LogP contribution in [0.3, 0.4) is 0 Å². The van der Waals surface area contributed by atoms with E-state index < -0.39 is 141 Å². The molecule has 12 N–H and O–H groups in total. The van der Waals surface area contributed by atoms with Gasteiger partial charge in [-0.25, -0.2) is 38.0 Å². The Kier molecular flexibility index (Phi) is 16.8. The van der Waals surface area contributed by atoms with Gasteiger partial charge in [0.2, 0.25) is 11.7 Å². The zero-order valence-electron chi connectivity index (χ0n) is 41.1. The number of para-hydroxylation sites is 1. The number of methoxy groups -OCH3 is 2. The molecule has 5 aromatic heterocycles. The van der Waals surface area contributed by atoms with E-state index in [2.05, 4.69) is 38.5 Å².